The molecule has 0 aliphatic carbocycles. The third kappa shape index (κ3) is 5.86. The third-order valence-electron chi connectivity index (χ3n) is 3.86. The van der Waals surface area contributed by atoms with Crippen molar-refractivity contribution in [3.05, 3.63) is 105 Å². The van der Waals surface area contributed by atoms with Crippen molar-refractivity contribution in [1.29, 1.82) is 0 Å². The van der Waals surface area contributed by atoms with Gasteiger partial charge in [0.25, 0.3) is 0 Å². The average molecular weight is 360 g/mol. The molecule has 27 heavy (non-hydrogen) atoms. The highest BCUT2D eigenvalue weighted by molar-refractivity contribution is 5.86. The molecule has 0 aliphatic heterocycles. The first-order chi connectivity index (χ1) is 13.0. The molecule has 2 aromatic heterocycles. The molecular weight excluding hydrogens is 330 g/mol. The Morgan fingerprint density at radius 2 is 1.81 bits per heavy atom. The Morgan fingerprint density at radius 3 is 2.41 bits per heavy atom. The van der Waals surface area contributed by atoms with E-state index in [1.807, 2.05) is 19.3 Å². The van der Waals surface area contributed by atoms with Gasteiger partial charge in [0.15, 0.2) is 0 Å². The molecule has 0 amide bonds. The summed E-state index contributed by atoms with van der Waals surface area (Å²) >= 11 is 0. The number of benzene rings is 1. The second-order valence-electron chi connectivity index (χ2n) is 6.08. The molecule has 0 atom stereocenters. The highest BCUT2D eigenvalue weighted by atomic mass is 15.0. The molecular formula is C24H29N3. The number of fused-ring (bicyclic) bond motifs is 1. The Hall–Kier alpha value is -3.33. The molecule has 3 heteroatoms. The molecule has 0 bridgehead atoms. The molecule has 2 heterocycles. The van der Waals surface area contributed by atoms with Crippen LogP contribution >= 0.6 is 0 Å². The summed E-state index contributed by atoms with van der Waals surface area (Å²) in [6.07, 6.45) is 7.91. The lowest BCUT2D eigenvalue weighted by Crippen LogP contribution is -1.93. The number of hydrogen-bond donors (Lipinski definition) is 1. The van der Waals surface area contributed by atoms with Crippen LogP contribution in [-0.2, 0) is 6.42 Å². The topological polar surface area (TPSA) is 43.8 Å². The molecule has 2 N–H and O–H groups in total. The van der Waals surface area contributed by atoms with Gasteiger partial charge in [-0.15, -0.1) is 13.2 Å². The van der Waals surface area contributed by atoms with Crippen LogP contribution in [0.4, 0.5) is 0 Å². The van der Waals surface area contributed by atoms with Gasteiger partial charge in [-0.05, 0) is 66.9 Å². The zero-order valence-corrected chi connectivity index (χ0v) is 16.4. The van der Waals surface area contributed by atoms with Gasteiger partial charge >= 0.3 is 0 Å². The summed E-state index contributed by atoms with van der Waals surface area (Å²) in [6, 6.07) is 10.7. The zero-order chi connectivity index (χ0) is 20.4. The van der Waals surface area contributed by atoms with Gasteiger partial charge in [-0.2, -0.15) is 0 Å². The highest BCUT2D eigenvalue weighted by Crippen LogP contribution is 2.25. The minimum absolute atomic E-state index is 0.821. The van der Waals surface area contributed by atoms with Gasteiger partial charge in [-0.25, -0.2) is 0 Å². The monoisotopic (exact) mass is 359 g/mol. The number of hydrogen-bond acceptors (Lipinski definition) is 2. The van der Waals surface area contributed by atoms with E-state index in [4.69, 9.17) is 0 Å². The fraction of sp³-hybridized carbons (Fsp3) is 0.125. The van der Waals surface area contributed by atoms with Crippen LogP contribution in [0.15, 0.2) is 88.0 Å². The van der Waals surface area contributed by atoms with Gasteiger partial charge in [-0.3, -0.25) is 4.98 Å². The molecule has 0 fully saturated rings. The van der Waals surface area contributed by atoms with E-state index in [-0.39, 0.29) is 0 Å². The largest absolute Gasteiger partial charge is 0.405 e. The predicted molar refractivity (Wildman–Crippen MR) is 120 cm³/mol. The summed E-state index contributed by atoms with van der Waals surface area (Å²) in [5.41, 5.74) is 11.5. The second-order valence-corrected chi connectivity index (χ2v) is 6.08. The molecule has 3 nitrogen and oxygen atoms in total. The van der Waals surface area contributed by atoms with Crippen molar-refractivity contribution in [2.24, 2.45) is 5.73 Å². The number of rotatable bonds is 4. The average Bonchev–Trinajstić information content (AvgIpc) is 3.07. The van der Waals surface area contributed by atoms with Crippen LogP contribution in [-0.4, -0.2) is 9.55 Å². The first-order valence-corrected chi connectivity index (χ1v) is 8.64. The minimum Gasteiger partial charge on any atom is -0.405 e. The third-order valence-corrected chi connectivity index (χ3v) is 3.86. The molecule has 3 rings (SSSR count). The van der Waals surface area contributed by atoms with Crippen LogP contribution in [0.5, 0.6) is 0 Å². The lowest BCUT2D eigenvalue weighted by Gasteiger charge is -2.08. The van der Waals surface area contributed by atoms with Crippen molar-refractivity contribution in [3.8, 4) is 0 Å². The van der Waals surface area contributed by atoms with E-state index in [0.29, 0.717) is 0 Å². The summed E-state index contributed by atoms with van der Waals surface area (Å²) in [5, 5.41) is 1.21. The fourth-order valence-electron chi connectivity index (χ4n) is 2.76. The number of allylic oxidation sites excluding steroid dienone is 2. The number of nitrogens with zero attached hydrogens (tertiary/aromatic N) is 2. The van der Waals surface area contributed by atoms with E-state index in [1.165, 1.54) is 33.8 Å². The van der Waals surface area contributed by atoms with Crippen LogP contribution in [0.25, 0.3) is 22.2 Å². The van der Waals surface area contributed by atoms with Crippen LogP contribution < -0.4 is 5.73 Å². The van der Waals surface area contributed by atoms with Gasteiger partial charge in [0.05, 0.1) is 5.52 Å². The SMILES string of the molecule is C=C.C=C(Cc1cncc(C)c1)c1ccc2c(ccn2C(=C)C)c1.C=CN. The van der Waals surface area contributed by atoms with Crippen LogP contribution in [0, 0.1) is 6.92 Å². The molecule has 140 valence electrons. The normalized spacial score (nSPS) is 9.41. The quantitative estimate of drug-likeness (QED) is 0.582. The first kappa shape index (κ1) is 21.7. The molecule has 0 saturated heterocycles. The van der Waals surface area contributed by atoms with E-state index >= 15 is 0 Å². The number of aryl methyl sites for hydroxylation is 1. The highest BCUT2D eigenvalue weighted by Gasteiger charge is 2.06. The van der Waals surface area contributed by atoms with E-state index < -0.39 is 0 Å². The summed E-state index contributed by atoms with van der Waals surface area (Å²) in [5.74, 6) is 0. The molecule has 0 aliphatic rings. The van der Waals surface area contributed by atoms with E-state index in [2.05, 4.69) is 91.6 Å². The number of nitrogens with two attached hydrogens (primary N) is 1. The van der Waals surface area contributed by atoms with Crippen molar-refractivity contribution in [3.63, 3.8) is 0 Å². The van der Waals surface area contributed by atoms with Crippen LogP contribution in [0.3, 0.4) is 0 Å². The van der Waals surface area contributed by atoms with Crippen molar-refractivity contribution in [2.75, 3.05) is 0 Å². The summed E-state index contributed by atoms with van der Waals surface area (Å²) in [4.78, 5) is 4.25. The smallest absolute Gasteiger partial charge is 0.0525 e. The van der Waals surface area contributed by atoms with Gasteiger partial charge in [-0.1, -0.05) is 31.9 Å². The van der Waals surface area contributed by atoms with E-state index in [1.54, 1.807) is 0 Å². The number of pyridine rings is 1. The van der Waals surface area contributed by atoms with Gasteiger partial charge in [0.2, 0.25) is 0 Å². The molecule has 0 spiro atoms. The van der Waals surface area contributed by atoms with E-state index in [0.717, 1.165) is 17.7 Å². The van der Waals surface area contributed by atoms with E-state index in [9.17, 15) is 0 Å². The van der Waals surface area contributed by atoms with Crippen LogP contribution in [0.1, 0.15) is 23.6 Å². The Kier molecular flexibility index (Phi) is 8.54. The van der Waals surface area contributed by atoms with Gasteiger partial charge < -0.3 is 10.3 Å². The van der Waals surface area contributed by atoms with Crippen molar-refractivity contribution < 1.29 is 0 Å². The van der Waals surface area contributed by atoms with Crippen molar-refractivity contribution in [1.82, 2.24) is 9.55 Å². The molecule has 1 aromatic carbocycles. The Labute approximate surface area is 162 Å². The summed E-state index contributed by atoms with van der Waals surface area (Å²) < 4.78 is 2.10. The number of aromatic nitrogens is 2. The maximum absolute atomic E-state index is 4.61. The molecule has 0 saturated carbocycles. The first-order valence-electron chi connectivity index (χ1n) is 8.64. The van der Waals surface area contributed by atoms with Gasteiger partial charge in [0.1, 0.15) is 0 Å². The van der Waals surface area contributed by atoms with Crippen LogP contribution in [0.2, 0.25) is 0 Å². The molecule has 3 aromatic rings. The summed E-state index contributed by atoms with van der Waals surface area (Å²) in [7, 11) is 0. The Morgan fingerprint density at radius 1 is 1.15 bits per heavy atom. The fourth-order valence-corrected chi connectivity index (χ4v) is 2.76. The van der Waals surface area contributed by atoms with Crippen molar-refractivity contribution >= 4 is 22.2 Å². The maximum atomic E-state index is 4.61. The Bertz CT molecular complexity index is 932. The lowest BCUT2D eigenvalue weighted by molar-refractivity contribution is 1.15. The minimum atomic E-state index is 0.821. The predicted octanol–water partition coefficient (Wildman–Crippen LogP) is 5.98. The standard InChI is InChI=1S/C20H20N2.C2H5N.C2H4/c1-14(2)22-8-7-19-11-18(5-6-20(19)22)16(4)10-17-9-15(3)12-21-13-17;1-2-3;1-2/h5-9,11-13H,1,4,10H2,2-3H3;2H,1,3H2;1-2H2. The maximum Gasteiger partial charge on any atom is 0.0525 e. The van der Waals surface area contributed by atoms with Crippen molar-refractivity contribution in [2.45, 2.75) is 20.3 Å². The lowest BCUT2D eigenvalue weighted by atomic mass is 9.99. The molecule has 0 radical (unpaired) electrons. The van der Waals surface area contributed by atoms with Gasteiger partial charge in [0, 0.05) is 29.7 Å². The zero-order valence-electron chi connectivity index (χ0n) is 16.4. The second kappa shape index (κ2) is 10.6. The summed E-state index contributed by atoms with van der Waals surface area (Å²) in [6.45, 7) is 21.5. The molecule has 0 unspecified atom stereocenters. The Balaban J connectivity index is 0.000000665.